The number of carboxylic acid groups (broad SMARTS) is 1. The summed E-state index contributed by atoms with van der Waals surface area (Å²) in [6.07, 6.45) is 10.9. The van der Waals surface area contributed by atoms with Gasteiger partial charge in [0.25, 0.3) is 5.91 Å². The minimum absolute atomic E-state index is 0.203. The Hall–Kier alpha value is -3.48. The number of carbonyl (C=O) groups excluding carboxylic acids is 1. The highest BCUT2D eigenvalue weighted by Crippen LogP contribution is 2.27. The van der Waals surface area contributed by atoms with Crippen molar-refractivity contribution in [1.29, 1.82) is 0 Å². The van der Waals surface area contributed by atoms with Crippen LogP contribution in [0.4, 0.5) is 0 Å². The molecule has 196 valence electrons. The Labute approximate surface area is 218 Å². The second kappa shape index (κ2) is 12.7. The molecule has 0 atom stereocenters. The molecule has 0 amide bonds. The van der Waals surface area contributed by atoms with E-state index in [2.05, 4.69) is 12.0 Å². The van der Waals surface area contributed by atoms with Gasteiger partial charge in [-0.1, -0.05) is 87.9 Å². The number of hydrogen-bond donors (Lipinski definition) is 1. The van der Waals surface area contributed by atoms with Crippen molar-refractivity contribution in [2.45, 2.75) is 84.1 Å². The SMILES string of the molecule is CCCCCCc1nn(C(=O)CC2CCCCC2)c(=O)n1Cc1ccc(-c2ccccc2C(=O)O)cc1. The summed E-state index contributed by atoms with van der Waals surface area (Å²) in [5.74, 6) is -0.179. The maximum Gasteiger partial charge on any atom is 0.353 e. The van der Waals surface area contributed by atoms with E-state index in [0.29, 0.717) is 36.7 Å². The van der Waals surface area contributed by atoms with Gasteiger partial charge < -0.3 is 5.11 Å². The predicted molar refractivity (Wildman–Crippen MR) is 144 cm³/mol. The molecule has 1 aliphatic rings. The van der Waals surface area contributed by atoms with E-state index in [4.69, 9.17) is 0 Å². The van der Waals surface area contributed by atoms with Crippen molar-refractivity contribution in [3.8, 4) is 11.1 Å². The van der Waals surface area contributed by atoms with Gasteiger partial charge >= 0.3 is 11.7 Å². The smallest absolute Gasteiger partial charge is 0.353 e. The molecule has 2 aromatic carbocycles. The number of hydrogen-bond acceptors (Lipinski definition) is 4. The Morgan fingerprint density at radius 2 is 1.70 bits per heavy atom. The molecule has 0 bridgehead atoms. The number of nitrogens with zero attached hydrogens (tertiary/aromatic N) is 3. The van der Waals surface area contributed by atoms with Gasteiger partial charge in [-0.25, -0.2) is 9.59 Å². The van der Waals surface area contributed by atoms with Gasteiger partial charge in [-0.15, -0.1) is 9.78 Å². The van der Waals surface area contributed by atoms with Crippen molar-refractivity contribution in [2.24, 2.45) is 5.92 Å². The number of carbonyl (C=O) groups is 2. The molecule has 7 nitrogen and oxygen atoms in total. The van der Waals surface area contributed by atoms with Crippen LogP contribution in [0.1, 0.15) is 97.7 Å². The minimum Gasteiger partial charge on any atom is -0.478 e. The third-order valence-corrected chi connectivity index (χ3v) is 7.38. The van der Waals surface area contributed by atoms with Crippen LogP contribution in [0.15, 0.2) is 53.3 Å². The first-order chi connectivity index (χ1) is 18.0. The van der Waals surface area contributed by atoms with Crippen molar-refractivity contribution in [1.82, 2.24) is 14.3 Å². The van der Waals surface area contributed by atoms with Crippen LogP contribution in [-0.4, -0.2) is 31.3 Å². The molecule has 7 heteroatoms. The van der Waals surface area contributed by atoms with Crippen LogP contribution in [0.3, 0.4) is 0 Å². The average Bonchev–Trinajstić information content (AvgIpc) is 3.22. The summed E-state index contributed by atoms with van der Waals surface area (Å²) < 4.78 is 2.73. The highest BCUT2D eigenvalue weighted by molar-refractivity contribution is 5.96. The van der Waals surface area contributed by atoms with Crippen molar-refractivity contribution >= 4 is 11.9 Å². The van der Waals surface area contributed by atoms with Gasteiger partial charge in [-0.3, -0.25) is 9.36 Å². The molecule has 37 heavy (non-hydrogen) atoms. The molecule has 1 aromatic heterocycles. The standard InChI is InChI=1S/C30H37N3O4/c1-2-3-4-8-15-27-31-33(28(34)20-22-11-6-5-7-12-22)30(37)32(27)21-23-16-18-24(19-17-23)25-13-9-10-14-26(25)29(35)36/h9-10,13-14,16-19,22H,2-8,11-12,15,20-21H2,1H3,(H,35,36). The van der Waals surface area contributed by atoms with E-state index in [1.54, 1.807) is 22.8 Å². The number of aryl methyl sites for hydroxylation is 1. The fraction of sp³-hybridized carbons (Fsp3) is 0.467. The molecule has 3 aromatic rings. The van der Waals surface area contributed by atoms with Crippen LogP contribution in [0.5, 0.6) is 0 Å². The first-order valence-electron chi connectivity index (χ1n) is 13.6. The first kappa shape index (κ1) is 26.6. The van der Waals surface area contributed by atoms with Gasteiger partial charge in [0.05, 0.1) is 12.1 Å². The highest BCUT2D eigenvalue weighted by atomic mass is 16.4. The Morgan fingerprint density at radius 1 is 0.973 bits per heavy atom. The van der Waals surface area contributed by atoms with E-state index in [1.165, 1.54) is 6.42 Å². The zero-order valence-electron chi connectivity index (χ0n) is 21.7. The molecule has 1 heterocycles. The summed E-state index contributed by atoms with van der Waals surface area (Å²) in [6.45, 7) is 2.48. The quantitative estimate of drug-likeness (QED) is 0.315. The van der Waals surface area contributed by atoms with Gasteiger partial charge in [0.2, 0.25) is 0 Å². The fourth-order valence-corrected chi connectivity index (χ4v) is 5.27. The molecule has 1 saturated carbocycles. The predicted octanol–water partition coefficient (Wildman–Crippen LogP) is 6.19. The van der Waals surface area contributed by atoms with E-state index in [-0.39, 0.29) is 17.2 Å². The van der Waals surface area contributed by atoms with Gasteiger partial charge in [-0.2, -0.15) is 0 Å². The Balaban J connectivity index is 1.57. The van der Waals surface area contributed by atoms with Crippen LogP contribution < -0.4 is 5.69 Å². The normalized spacial score (nSPS) is 14.1. The Morgan fingerprint density at radius 3 is 2.41 bits per heavy atom. The van der Waals surface area contributed by atoms with E-state index in [1.807, 2.05) is 30.3 Å². The van der Waals surface area contributed by atoms with Crippen LogP contribution in [0.2, 0.25) is 0 Å². The number of carboxylic acids is 1. The summed E-state index contributed by atoms with van der Waals surface area (Å²) in [5.41, 5.74) is 2.22. The van der Waals surface area contributed by atoms with Crippen LogP contribution >= 0.6 is 0 Å². The number of rotatable bonds is 11. The van der Waals surface area contributed by atoms with E-state index in [9.17, 15) is 19.5 Å². The molecule has 0 saturated heterocycles. The van der Waals surface area contributed by atoms with Crippen LogP contribution in [-0.2, 0) is 13.0 Å². The monoisotopic (exact) mass is 503 g/mol. The molecule has 0 spiro atoms. The van der Waals surface area contributed by atoms with Crippen molar-refractivity contribution < 1.29 is 14.7 Å². The average molecular weight is 504 g/mol. The number of benzene rings is 2. The first-order valence-corrected chi connectivity index (χ1v) is 13.6. The molecule has 1 fully saturated rings. The summed E-state index contributed by atoms with van der Waals surface area (Å²) in [4.78, 5) is 38.0. The maximum absolute atomic E-state index is 13.4. The van der Waals surface area contributed by atoms with Gasteiger partial charge in [0, 0.05) is 12.8 Å². The summed E-state index contributed by atoms with van der Waals surface area (Å²) in [7, 11) is 0. The molecular weight excluding hydrogens is 466 g/mol. The van der Waals surface area contributed by atoms with Gasteiger partial charge in [-0.05, 0) is 47.9 Å². The third kappa shape index (κ3) is 6.64. The van der Waals surface area contributed by atoms with Crippen molar-refractivity contribution in [2.75, 3.05) is 0 Å². The van der Waals surface area contributed by atoms with Crippen LogP contribution in [0.25, 0.3) is 11.1 Å². The minimum atomic E-state index is -0.968. The zero-order chi connectivity index (χ0) is 26.2. The molecule has 1 aliphatic carbocycles. The summed E-state index contributed by atoms with van der Waals surface area (Å²) in [6, 6.07) is 14.5. The number of aromatic nitrogens is 3. The lowest BCUT2D eigenvalue weighted by Crippen LogP contribution is -2.31. The van der Waals surface area contributed by atoms with E-state index in [0.717, 1.165) is 67.2 Å². The Bertz CT molecular complexity index is 1270. The summed E-state index contributed by atoms with van der Waals surface area (Å²) >= 11 is 0. The molecule has 4 rings (SSSR count). The second-order valence-corrected chi connectivity index (χ2v) is 10.2. The molecule has 0 aliphatic heterocycles. The summed E-state index contributed by atoms with van der Waals surface area (Å²) in [5, 5.41) is 14.0. The lowest BCUT2D eigenvalue weighted by Gasteiger charge is -2.20. The maximum atomic E-state index is 13.4. The lowest BCUT2D eigenvalue weighted by atomic mass is 9.87. The highest BCUT2D eigenvalue weighted by Gasteiger charge is 2.23. The van der Waals surface area contributed by atoms with Gasteiger partial charge in [0.1, 0.15) is 5.82 Å². The zero-order valence-corrected chi connectivity index (χ0v) is 21.7. The fourth-order valence-electron chi connectivity index (χ4n) is 5.27. The van der Waals surface area contributed by atoms with Crippen molar-refractivity contribution in [3.05, 3.63) is 76.0 Å². The largest absolute Gasteiger partial charge is 0.478 e. The molecule has 1 N–H and O–H groups in total. The van der Waals surface area contributed by atoms with E-state index < -0.39 is 5.97 Å². The number of unbranched alkanes of at least 4 members (excludes halogenated alkanes) is 3. The molecule has 0 unspecified atom stereocenters. The second-order valence-electron chi connectivity index (χ2n) is 10.2. The molecule has 0 radical (unpaired) electrons. The van der Waals surface area contributed by atoms with E-state index >= 15 is 0 Å². The topological polar surface area (TPSA) is 94.2 Å². The van der Waals surface area contributed by atoms with Gasteiger partial charge in [0.15, 0.2) is 0 Å². The number of aromatic carboxylic acids is 1. The lowest BCUT2D eigenvalue weighted by molar-refractivity contribution is 0.0697. The third-order valence-electron chi connectivity index (χ3n) is 7.38. The molecular formula is C30H37N3O4. The van der Waals surface area contributed by atoms with Crippen molar-refractivity contribution in [3.63, 3.8) is 0 Å². The Kier molecular flexibility index (Phi) is 9.09. The van der Waals surface area contributed by atoms with Crippen LogP contribution in [0, 0.1) is 5.92 Å².